The summed E-state index contributed by atoms with van der Waals surface area (Å²) >= 11 is 0. The largest absolute Gasteiger partial charge is 0.494 e. The van der Waals surface area contributed by atoms with Crippen molar-refractivity contribution in [1.82, 2.24) is 5.32 Å². The van der Waals surface area contributed by atoms with Crippen LogP contribution >= 0.6 is 0 Å². The highest BCUT2D eigenvalue weighted by Gasteiger charge is 2.30. The third-order valence-electron chi connectivity index (χ3n) is 4.66. The van der Waals surface area contributed by atoms with E-state index in [9.17, 15) is 0 Å². The molecule has 0 bridgehead atoms. The van der Waals surface area contributed by atoms with Gasteiger partial charge in [0.1, 0.15) is 5.75 Å². The molecule has 0 heterocycles. The van der Waals surface area contributed by atoms with E-state index in [1.54, 1.807) is 0 Å². The maximum Gasteiger partial charge on any atom is 0.119 e. The highest BCUT2D eigenvalue weighted by atomic mass is 16.5. The average Bonchev–Trinajstić information content (AvgIpc) is 2.39. The van der Waals surface area contributed by atoms with Crippen molar-refractivity contribution in [2.24, 2.45) is 16.7 Å². The zero-order chi connectivity index (χ0) is 16.8. The lowest BCUT2D eigenvalue weighted by atomic mass is 9.69. The number of benzene rings is 1. The van der Waals surface area contributed by atoms with Gasteiger partial charge >= 0.3 is 0 Å². The van der Waals surface area contributed by atoms with Crippen LogP contribution in [-0.4, -0.2) is 13.2 Å². The molecule has 126 valence electrons. The minimum atomic E-state index is 0.305. The minimum Gasteiger partial charge on any atom is -0.494 e. The Balaban J connectivity index is 2.45. The Labute approximate surface area is 137 Å². The zero-order valence-corrected chi connectivity index (χ0v) is 15.6. The fourth-order valence-corrected chi connectivity index (χ4v) is 2.92. The number of ether oxygens (including phenoxy) is 1. The lowest BCUT2D eigenvalue weighted by molar-refractivity contribution is 0.137. The quantitative estimate of drug-likeness (QED) is 0.670. The molecule has 0 unspecified atom stereocenters. The molecule has 0 aliphatic carbocycles. The molecule has 0 saturated carbocycles. The molecule has 0 aromatic heterocycles. The smallest absolute Gasteiger partial charge is 0.119 e. The van der Waals surface area contributed by atoms with Gasteiger partial charge in [0.15, 0.2) is 0 Å². The van der Waals surface area contributed by atoms with Gasteiger partial charge in [0.25, 0.3) is 0 Å². The first-order chi connectivity index (χ1) is 10.2. The van der Waals surface area contributed by atoms with Crippen LogP contribution in [0.4, 0.5) is 0 Å². The SMILES string of the molecule is CCOc1ccc(CNCC(C)(C)CC(C)(C)C(C)C)cc1. The van der Waals surface area contributed by atoms with Crippen LogP contribution in [0, 0.1) is 16.7 Å². The van der Waals surface area contributed by atoms with Crippen molar-refractivity contribution in [2.75, 3.05) is 13.2 Å². The Morgan fingerprint density at radius 3 is 2.14 bits per heavy atom. The molecule has 22 heavy (non-hydrogen) atoms. The van der Waals surface area contributed by atoms with Crippen molar-refractivity contribution in [3.63, 3.8) is 0 Å². The summed E-state index contributed by atoms with van der Waals surface area (Å²) < 4.78 is 5.48. The molecule has 0 aliphatic rings. The van der Waals surface area contributed by atoms with E-state index in [1.165, 1.54) is 12.0 Å². The van der Waals surface area contributed by atoms with Gasteiger partial charge in [-0.1, -0.05) is 53.7 Å². The average molecular weight is 306 g/mol. The second-order valence-electron chi connectivity index (χ2n) is 8.16. The Hall–Kier alpha value is -1.02. The maximum absolute atomic E-state index is 5.48. The van der Waals surface area contributed by atoms with Crippen LogP contribution in [0.25, 0.3) is 0 Å². The molecule has 1 aromatic carbocycles. The van der Waals surface area contributed by atoms with Crippen molar-refractivity contribution in [1.29, 1.82) is 0 Å². The Kier molecular flexibility index (Phi) is 6.93. The van der Waals surface area contributed by atoms with Gasteiger partial charge < -0.3 is 10.1 Å². The molecule has 1 aromatic rings. The van der Waals surface area contributed by atoms with Crippen LogP contribution in [0.1, 0.15) is 60.5 Å². The minimum absolute atomic E-state index is 0.305. The van der Waals surface area contributed by atoms with Crippen molar-refractivity contribution < 1.29 is 4.74 Å². The van der Waals surface area contributed by atoms with Crippen LogP contribution in [0.3, 0.4) is 0 Å². The molecule has 0 fully saturated rings. The third-order valence-corrected chi connectivity index (χ3v) is 4.66. The van der Waals surface area contributed by atoms with Crippen LogP contribution in [0.2, 0.25) is 0 Å². The van der Waals surface area contributed by atoms with Crippen LogP contribution in [-0.2, 0) is 6.54 Å². The van der Waals surface area contributed by atoms with E-state index in [0.29, 0.717) is 16.7 Å². The van der Waals surface area contributed by atoms with Crippen LogP contribution < -0.4 is 10.1 Å². The lowest BCUT2D eigenvalue weighted by Gasteiger charge is -2.38. The predicted octanol–water partition coefficient (Wildman–Crippen LogP) is 5.27. The summed E-state index contributed by atoms with van der Waals surface area (Å²) in [5.74, 6) is 1.66. The van der Waals surface area contributed by atoms with Gasteiger partial charge in [-0.2, -0.15) is 0 Å². The van der Waals surface area contributed by atoms with Crippen molar-refractivity contribution in [3.8, 4) is 5.75 Å². The Morgan fingerprint density at radius 2 is 1.64 bits per heavy atom. The van der Waals surface area contributed by atoms with E-state index in [2.05, 4.69) is 59.0 Å². The van der Waals surface area contributed by atoms with Gasteiger partial charge in [0.05, 0.1) is 6.61 Å². The monoisotopic (exact) mass is 305 g/mol. The summed E-state index contributed by atoms with van der Waals surface area (Å²) in [5.41, 5.74) is 1.99. The van der Waals surface area contributed by atoms with Gasteiger partial charge in [0.2, 0.25) is 0 Å². The van der Waals surface area contributed by atoms with E-state index in [0.717, 1.165) is 25.4 Å². The Morgan fingerprint density at radius 1 is 1.05 bits per heavy atom. The highest BCUT2D eigenvalue weighted by molar-refractivity contribution is 5.27. The molecule has 0 atom stereocenters. The van der Waals surface area contributed by atoms with Gasteiger partial charge in [-0.25, -0.2) is 0 Å². The van der Waals surface area contributed by atoms with E-state index < -0.39 is 0 Å². The van der Waals surface area contributed by atoms with Gasteiger partial charge in [-0.05, 0) is 47.8 Å². The first-order valence-corrected chi connectivity index (χ1v) is 8.59. The van der Waals surface area contributed by atoms with Crippen LogP contribution in [0.5, 0.6) is 5.75 Å². The highest BCUT2D eigenvalue weighted by Crippen LogP contribution is 2.38. The normalized spacial score (nSPS) is 12.7. The summed E-state index contributed by atoms with van der Waals surface area (Å²) in [4.78, 5) is 0. The maximum atomic E-state index is 5.48. The Bertz CT molecular complexity index is 432. The van der Waals surface area contributed by atoms with Crippen molar-refractivity contribution in [3.05, 3.63) is 29.8 Å². The summed E-state index contributed by atoms with van der Waals surface area (Å²) in [6, 6.07) is 8.38. The topological polar surface area (TPSA) is 21.3 Å². The first kappa shape index (κ1) is 19.0. The van der Waals surface area contributed by atoms with E-state index in [1.807, 2.05) is 19.1 Å². The fourth-order valence-electron chi connectivity index (χ4n) is 2.92. The molecule has 1 N–H and O–H groups in total. The summed E-state index contributed by atoms with van der Waals surface area (Å²) in [5, 5.41) is 3.61. The molecule has 0 amide bonds. The molecule has 2 nitrogen and oxygen atoms in total. The second-order valence-corrected chi connectivity index (χ2v) is 8.16. The van der Waals surface area contributed by atoms with E-state index in [4.69, 9.17) is 4.74 Å². The zero-order valence-electron chi connectivity index (χ0n) is 15.6. The fraction of sp³-hybridized carbons (Fsp3) is 0.700. The third kappa shape index (κ3) is 6.39. The summed E-state index contributed by atoms with van der Waals surface area (Å²) in [6.45, 7) is 18.8. The van der Waals surface area contributed by atoms with E-state index in [-0.39, 0.29) is 0 Å². The predicted molar refractivity (Wildman–Crippen MR) is 96.3 cm³/mol. The number of hydrogen-bond donors (Lipinski definition) is 1. The van der Waals surface area contributed by atoms with E-state index >= 15 is 0 Å². The molecule has 2 heteroatoms. The second kappa shape index (κ2) is 8.01. The van der Waals surface area contributed by atoms with Gasteiger partial charge in [0, 0.05) is 13.1 Å². The molecular formula is C20H35NO. The number of hydrogen-bond acceptors (Lipinski definition) is 2. The molecule has 0 radical (unpaired) electrons. The summed E-state index contributed by atoms with van der Waals surface area (Å²) in [7, 11) is 0. The van der Waals surface area contributed by atoms with Crippen molar-refractivity contribution >= 4 is 0 Å². The van der Waals surface area contributed by atoms with Gasteiger partial charge in [-0.15, -0.1) is 0 Å². The summed E-state index contributed by atoms with van der Waals surface area (Å²) in [6.07, 6.45) is 1.23. The lowest BCUT2D eigenvalue weighted by Crippen LogP contribution is -2.35. The molecule has 0 aliphatic heterocycles. The van der Waals surface area contributed by atoms with Crippen LogP contribution in [0.15, 0.2) is 24.3 Å². The molecule has 0 saturated heterocycles. The van der Waals surface area contributed by atoms with Gasteiger partial charge in [-0.3, -0.25) is 0 Å². The molecule has 1 rings (SSSR count). The standard InChI is InChI=1S/C20H35NO/c1-8-22-18-11-9-17(10-12-18)13-21-15-19(4,5)14-20(6,7)16(2)3/h9-12,16,21H,8,13-15H2,1-7H3. The molecule has 0 spiro atoms. The first-order valence-electron chi connectivity index (χ1n) is 8.59. The molecular weight excluding hydrogens is 270 g/mol. The number of nitrogens with one attached hydrogen (secondary N) is 1. The number of rotatable bonds is 9. The van der Waals surface area contributed by atoms with Crippen molar-refractivity contribution in [2.45, 2.75) is 61.4 Å².